The van der Waals surface area contributed by atoms with Crippen LogP contribution < -0.4 is 19.9 Å². The molecule has 0 atom stereocenters. The van der Waals surface area contributed by atoms with Crippen molar-refractivity contribution in [1.82, 2.24) is 5.32 Å². The van der Waals surface area contributed by atoms with Gasteiger partial charge in [0.2, 0.25) is 5.91 Å². The third kappa shape index (κ3) is 5.76. The van der Waals surface area contributed by atoms with E-state index < -0.39 is 0 Å². The van der Waals surface area contributed by atoms with Gasteiger partial charge in [-0.1, -0.05) is 40.2 Å². The van der Waals surface area contributed by atoms with Gasteiger partial charge in [-0.2, -0.15) is 0 Å². The molecule has 2 aliphatic heterocycles. The van der Waals surface area contributed by atoms with Crippen LogP contribution in [0, 0.1) is 0 Å². The van der Waals surface area contributed by atoms with Crippen molar-refractivity contribution in [2.24, 2.45) is 0 Å². The van der Waals surface area contributed by atoms with Crippen molar-refractivity contribution in [3.63, 3.8) is 0 Å². The van der Waals surface area contributed by atoms with Crippen LogP contribution in [0.15, 0.2) is 58.8 Å². The molecule has 7 nitrogen and oxygen atoms in total. The molecule has 2 aromatic rings. The van der Waals surface area contributed by atoms with E-state index in [4.69, 9.17) is 9.47 Å². The summed E-state index contributed by atoms with van der Waals surface area (Å²) in [5.74, 6) is 0.216. The van der Waals surface area contributed by atoms with Crippen LogP contribution in [-0.2, 0) is 14.3 Å². The number of ether oxygens (including phenoxy) is 2. The molecule has 0 aromatic heterocycles. The topological polar surface area (TPSA) is 72.3 Å². The van der Waals surface area contributed by atoms with Crippen LogP contribution in [0.2, 0.25) is 0 Å². The summed E-state index contributed by atoms with van der Waals surface area (Å²) in [4.78, 5) is 28.8. The zero-order chi connectivity index (χ0) is 22.3. The van der Waals surface area contributed by atoms with Crippen molar-refractivity contribution in [2.45, 2.75) is 6.42 Å². The van der Waals surface area contributed by atoms with Gasteiger partial charge in [-0.05, 0) is 35.9 Å². The van der Waals surface area contributed by atoms with Crippen LogP contribution in [-0.4, -0.2) is 57.8 Å². The summed E-state index contributed by atoms with van der Waals surface area (Å²) < 4.78 is 12.2. The first kappa shape index (κ1) is 22.5. The van der Waals surface area contributed by atoms with Gasteiger partial charge in [0.25, 0.3) is 5.91 Å². The number of nitrogens with one attached hydrogen (secondary N) is 2. The standard InChI is InChI=1S/C24H26BrN3O4/c25-19-6-3-5-18(15-19)16-22-24(30)28(20-7-1-2-8-21(20)32-22)17-23(29)26-9-4-10-27-11-13-31-14-12-27/h1-3,5-8,15-16H,4,9-14,17H2,(H,26,29)/p+1. The first-order chi connectivity index (χ1) is 15.6. The molecular formula is C24H27BrN3O4+. The molecule has 32 heavy (non-hydrogen) atoms. The zero-order valence-electron chi connectivity index (χ0n) is 17.8. The number of quaternary nitrogens is 1. The summed E-state index contributed by atoms with van der Waals surface area (Å²) in [5, 5.41) is 2.95. The lowest BCUT2D eigenvalue weighted by molar-refractivity contribution is -0.908. The van der Waals surface area contributed by atoms with Crippen molar-refractivity contribution >= 4 is 39.5 Å². The van der Waals surface area contributed by atoms with Gasteiger partial charge in [0.1, 0.15) is 19.6 Å². The second kappa shape index (κ2) is 10.8. The van der Waals surface area contributed by atoms with Gasteiger partial charge >= 0.3 is 0 Å². The van der Waals surface area contributed by atoms with Gasteiger partial charge in [-0.25, -0.2) is 0 Å². The molecule has 0 bridgehead atoms. The van der Waals surface area contributed by atoms with E-state index in [-0.39, 0.29) is 24.1 Å². The molecule has 2 aliphatic rings. The maximum absolute atomic E-state index is 13.2. The Bertz CT molecular complexity index is 1000. The molecule has 2 N–H and O–H groups in total. The van der Waals surface area contributed by atoms with Crippen LogP contribution in [0.5, 0.6) is 5.75 Å². The first-order valence-electron chi connectivity index (χ1n) is 10.8. The average molecular weight is 501 g/mol. The summed E-state index contributed by atoms with van der Waals surface area (Å²) in [5.41, 5.74) is 1.42. The predicted molar refractivity (Wildman–Crippen MR) is 126 cm³/mol. The molecule has 0 radical (unpaired) electrons. The number of morpholine rings is 1. The third-order valence-electron chi connectivity index (χ3n) is 5.51. The summed E-state index contributed by atoms with van der Waals surface area (Å²) >= 11 is 3.44. The number of carbonyl (C=O) groups is 2. The van der Waals surface area contributed by atoms with E-state index in [1.807, 2.05) is 36.4 Å². The highest BCUT2D eigenvalue weighted by Crippen LogP contribution is 2.35. The molecule has 0 aliphatic carbocycles. The lowest BCUT2D eigenvalue weighted by Crippen LogP contribution is -3.14. The van der Waals surface area contributed by atoms with Gasteiger partial charge in [0.05, 0.1) is 25.4 Å². The molecule has 8 heteroatoms. The van der Waals surface area contributed by atoms with Crippen molar-refractivity contribution in [3.8, 4) is 5.75 Å². The van der Waals surface area contributed by atoms with Crippen LogP contribution >= 0.6 is 15.9 Å². The van der Waals surface area contributed by atoms with Crippen molar-refractivity contribution < 1.29 is 24.0 Å². The molecule has 0 spiro atoms. The van der Waals surface area contributed by atoms with Crippen molar-refractivity contribution in [3.05, 3.63) is 64.3 Å². The number of carbonyl (C=O) groups excluding carboxylic acids is 2. The number of benzene rings is 2. The summed E-state index contributed by atoms with van der Waals surface area (Å²) in [6.07, 6.45) is 2.59. The van der Waals surface area contributed by atoms with Crippen LogP contribution in [0.3, 0.4) is 0 Å². The maximum atomic E-state index is 13.2. The van der Waals surface area contributed by atoms with E-state index in [0.29, 0.717) is 18.0 Å². The molecule has 1 saturated heterocycles. The van der Waals surface area contributed by atoms with Crippen LogP contribution in [0.1, 0.15) is 12.0 Å². The Labute approximate surface area is 196 Å². The number of fused-ring (bicyclic) bond motifs is 1. The molecule has 2 aromatic carbocycles. The highest BCUT2D eigenvalue weighted by Gasteiger charge is 2.31. The Morgan fingerprint density at radius 3 is 2.78 bits per heavy atom. The van der Waals surface area contributed by atoms with Gasteiger partial charge < -0.3 is 19.7 Å². The zero-order valence-corrected chi connectivity index (χ0v) is 19.4. The van der Waals surface area contributed by atoms with Crippen molar-refractivity contribution in [2.75, 3.05) is 50.8 Å². The predicted octanol–water partition coefficient (Wildman–Crippen LogP) is 1.64. The minimum absolute atomic E-state index is 0.0561. The van der Waals surface area contributed by atoms with Gasteiger partial charge in [0, 0.05) is 17.4 Å². The number of para-hydroxylation sites is 2. The molecule has 2 amide bonds. The summed E-state index contributed by atoms with van der Waals surface area (Å²) in [6.45, 7) is 5.16. The Morgan fingerprint density at radius 2 is 1.97 bits per heavy atom. The Morgan fingerprint density at radius 1 is 1.16 bits per heavy atom. The number of hydrogen-bond donors (Lipinski definition) is 2. The fourth-order valence-electron chi connectivity index (χ4n) is 3.84. The highest BCUT2D eigenvalue weighted by molar-refractivity contribution is 9.10. The molecular weight excluding hydrogens is 474 g/mol. The third-order valence-corrected chi connectivity index (χ3v) is 6.00. The van der Waals surface area contributed by atoms with Gasteiger partial charge in [-0.3, -0.25) is 14.5 Å². The van der Waals surface area contributed by atoms with E-state index in [1.54, 1.807) is 18.2 Å². The fourth-order valence-corrected chi connectivity index (χ4v) is 4.26. The minimum Gasteiger partial charge on any atom is -0.449 e. The van der Waals surface area contributed by atoms with Gasteiger partial charge in [0.15, 0.2) is 11.5 Å². The smallest absolute Gasteiger partial charge is 0.294 e. The monoisotopic (exact) mass is 500 g/mol. The number of anilines is 1. The Balaban J connectivity index is 1.41. The molecule has 168 valence electrons. The number of nitrogens with zero attached hydrogens (tertiary/aromatic N) is 1. The van der Waals surface area contributed by atoms with E-state index in [9.17, 15) is 9.59 Å². The average Bonchev–Trinajstić information content (AvgIpc) is 2.80. The van der Waals surface area contributed by atoms with Crippen LogP contribution in [0.25, 0.3) is 6.08 Å². The van der Waals surface area contributed by atoms with E-state index >= 15 is 0 Å². The second-order valence-electron chi connectivity index (χ2n) is 7.84. The largest absolute Gasteiger partial charge is 0.449 e. The number of amides is 2. The van der Waals surface area contributed by atoms with E-state index in [0.717, 1.165) is 49.3 Å². The Hall–Kier alpha value is -2.68. The molecule has 1 fully saturated rings. The van der Waals surface area contributed by atoms with Gasteiger partial charge in [-0.15, -0.1) is 0 Å². The van der Waals surface area contributed by atoms with Crippen molar-refractivity contribution in [1.29, 1.82) is 0 Å². The molecule has 0 unspecified atom stereocenters. The molecule has 2 heterocycles. The van der Waals surface area contributed by atoms with E-state index in [1.165, 1.54) is 9.80 Å². The minimum atomic E-state index is -0.336. The summed E-state index contributed by atoms with van der Waals surface area (Å²) in [7, 11) is 0. The lowest BCUT2D eigenvalue weighted by Gasteiger charge is -2.30. The number of rotatable bonds is 7. The lowest BCUT2D eigenvalue weighted by atomic mass is 10.1. The normalized spacial score (nSPS) is 17.7. The maximum Gasteiger partial charge on any atom is 0.294 e. The van der Waals surface area contributed by atoms with Crippen LogP contribution in [0.4, 0.5) is 5.69 Å². The molecule has 4 rings (SSSR count). The second-order valence-corrected chi connectivity index (χ2v) is 8.76. The van der Waals surface area contributed by atoms with E-state index in [2.05, 4.69) is 21.2 Å². The number of halogens is 1. The Kier molecular flexibility index (Phi) is 7.57. The fraction of sp³-hybridized carbons (Fsp3) is 0.333. The summed E-state index contributed by atoms with van der Waals surface area (Å²) in [6, 6.07) is 14.9. The number of hydrogen-bond acceptors (Lipinski definition) is 4. The molecule has 0 saturated carbocycles. The highest BCUT2D eigenvalue weighted by atomic mass is 79.9. The SMILES string of the molecule is O=C(CN1C(=O)C(=Cc2cccc(Br)c2)Oc2ccccc21)NCCC[NH+]1CCOCC1. The first-order valence-corrected chi connectivity index (χ1v) is 11.6. The quantitative estimate of drug-likeness (QED) is 0.447.